The summed E-state index contributed by atoms with van der Waals surface area (Å²) in [5, 5.41) is 8.14. The SMILES string of the molecule is CCc1ccc(CNC(=O)NCC(c2cccs2)N2CCCC2)s1. The first-order chi connectivity index (χ1) is 11.8. The molecule has 1 unspecified atom stereocenters. The summed E-state index contributed by atoms with van der Waals surface area (Å²) in [6.07, 6.45) is 3.56. The second kappa shape index (κ2) is 8.65. The van der Waals surface area contributed by atoms with E-state index in [1.54, 1.807) is 22.7 Å². The lowest BCUT2D eigenvalue weighted by Crippen LogP contribution is -2.41. The van der Waals surface area contributed by atoms with Crippen LogP contribution in [0.1, 0.15) is 40.4 Å². The van der Waals surface area contributed by atoms with Crippen LogP contribution in [0.4, 0.5) is 4.79 Å². The second-order valence-electron chi connectivity index (χ2n) is 6.06. The van der Waals surface area contributed by atoms with Crippen molar-refractivity contribution >= 4 is 28.7 Å². The number of amides is 2. The molecule has 24 heavy (non-hydrogen) atoms. The van der Waals surface area contributed by atoms with Gasteiger partial charge >= 0.3 is 6.03 Å². The third-order valence-corrected chi connectivity index (χ3v) is 6.60. The lowest BCUT2D eigenvalue weighted by Gasteiger charge is -2.26. The highest BCUT2D eigenvalue weighted by Crippen LogP contribution is 2.27. The molecule has 2 amide bonds. The van der Waals surface area contributed by atoms with Crippen LogP contribution in [0.2, 0.25) is 0 Å². The molecule has 0 aliphatic carbocycles. The van der Waals surface area contributed by atoms with Crippen molar-refractivity contribution in [2.75, 3.05) is 19.6 Å². The molecule has 1 saturated heterocycles. The number of thiophene rings is 2. The second-order valence-corrected chi connectivity index (χ2v) is 8.29. The van der Waals surface area contributed by atoms with E-state index < -0.39 is 0 Å². The third-order valence-electron chi connectivity index (χ3n) is 4.40. The summed E-state index contributed by atoms with van der Waals surface area (Å²) < 4.78 is 0. The van der Waals surface area contributed by atoms with Crippen molar-refractivity contribution in [2.24, 2.45) is 0 Å². The monoisotopic (exact) mass is 363 g/mol. The maximum atomic E-state index is 12.1. The number of nitrogens with zero attached hydrogens (tertiary/aromatic N) is 1. The van der Waals surface area contributed by atoms with E-state index in [2.05, 4.69) is 52.1 Å². The topological polar surface area (TPSA) is 44.4 Å². The molecule has 2 aromatic heterocycles. The van der Waals surface area contributed by atoms with Crippen LogP contribution in [-0.4, -0.2) is 30.6 Å². The fourth-order valence-electron chi connectivity index (χ4n) is 3.07. The van der Waals surface area contributed by atoms with E-state index >= 15 is 0 Å². The highest BCUT2D eigenvalue weighted by molar-refractivity contribution is 7.12. The first kappa shape index (κ1) is 17.5. The van der Waals surface area contributed by atoms with Gasteiger partial charge in [0.2, 0.25) is 0 Å². The number of rotatable bonds is 7. The number of hydrogen-bond donors (Lipinski definition) is 2. The van der Waals surface area contributed by atoms with Gasteiger partial charge in [-0.2, -0.15) is 0 Å². The van der Waals surface area contributed by atoms with E-state index in [1.807, 2.05) is 0 Å². The lowest BCUT2D eigenvalue weighted by molar-refractivity contribution is 0.222. The van der Waals surface area contributed by atoms with Crippen molar-refractivity contribution in [2.45, 2.75) is 38.8 Å². The van der Waals surface area contributed by atoms with Gasteiger partial charge in [0.1, 0.15) is 0 Å². The average molecular weight is 364 g/mol. The van der Waals surface area contributed by atoms with Crippen LogP contribution in [0.15, 0.2) is 29.6 Å². The molecule has 1 aliphatic heterocycles. The minimum Gasteiger partial charge on any atom is -0.336 e. The van der Waals surface area contributed by atoms with Crippen molar-refractivity contribution in [1.82, 2.24) is 15.5 Å². The normalized spacial score (nSPS) is 16.2. The molecule has 1 atom stereocenters. The number of hydrogen-bond acceptors (Lipinski definition) is 4. The van der Waals surface area contributed by atoms with Crippen LogP contribution in [-0.2, 0) is 13.0 Å². The number of aryl methyl sites for hydroxylation is 1. The van der Waals surface area contributed by atoms with Crippen LogP contribution in [0.25, 0.3) is 0 Å². The van der Waals surface area contributed by atoms with Crippen LogP contribution in [0, 0.1) is 0 Å². The van der Waals surface area contributed by atoms with Crippen LogP contribution in [0.3, 0.4) is 0 Å². The minimum atomic E-state index is -0.0813. The van der Waals surface area contributed by atoms with E-state index in [0.717, 1.165) is 19.5 Å². The van der Waals surface area contributed by atoms with Crippen molar-refractivity contribution in [1.29, 1.82) is 0 Å². The van der Waals surface area contributed by atoms with E-state index in [9.17, 15) is 4.79 Å². The standard InChI is InChI=1S/C18H25N3OS2/c1-2-14-7-8-15(24-14)12-19-18(22)20-13-16(17-6-5-11-23-17)21-9-3-4-10-21/h5-8,11,16H,2-4,9-10,12-13H2,1H3,(H2,19,20,22). The molecule has 0 spiro atoms. The van der Waals surface area contributed by atoms with E-state index in [1.165, 1.54) is 27.5 Å². The molecule has 0 radical (unpaired) electrons. The molecular formula is C18H25N3OS2. The Labute approximate surface area is 151 Å². The third kappa shape index (κ3) is 4.59. The zero-order valence-electron chi connectivity index (χ0n) is 14.1. The number of urea groups is 1. The lowest BCUT2D eigenvalue weighted by atomic mass is 10.2. The maximum Gasteiger partial charge on any atom is 0.315 e. The summed E-state index contributed by atoms with van der Waals surface area (Å²) in [5.74, 6) is 0. The van der Waals surface area contributed by atoms with Gasteiger partial charge in [0.15, 0.2) is 0 Å². The summed E-state index contributed by atoms with van der Waals surface area (Å²) in [4.78, 5) is 18.5. The molecule has 4 nitrogen and oxygen atoms in total. The van der Waals surface area contributed by atoms with Gasteiger partial charge in [-0.15, -0.1) is 22.7 Å². The summed E-state index contributed by atoms with van der Waals surface area (Å²) >= 11 is 3.54. The minimum absolute atomic E-state index is 0.0813. The predicted octanol–water partition coefficient (Wildman–Crippen LogP) is 4.01. The molecule has 2 aromatic rings. The van der Waals surface area contributed by atoms with Gasteiger partial charge in [-0.25, -0.2) is 4.79 Å². The number of carbonyl (C=O) groups is 1. The summed E-state index contributed by atoms with van der Waals surface area (Å²) in [7, 11) is 0. The fraction of sp³-hybridized carbons (Fsp3) is 0.500. The van der Waals surface area contributed by atoms with E-state index in [4.69, 9.17) is 0 Å². The van der Waals surface area contributed by atoms with Gasteiger partial charge in [0, 0.05) is 21.2 Å². The molecule has 0 aromatic carbocycles. The van der Waals surface area contributed by atoms with Crippen molar-refractivity contribution in [3.05, 3.63) is 44.3 Å². The Kier molecular flexibility index (Phi) is 6.29. The molecule has 2 N–H and O–H groups in total. The summed E-state index contributed by atoms with van der Waals surface area (Å²) in [6, 6.07) is 8.72. The zero-order chi connectivity index (χ0) is 16.8. The number of likely N-dealkylation sites (tertiary alicyclic amines) is 1. The van der Waals surface area contributed by atoms with E-state index in [-0.39, 0.29) is 6.03 Å². The van der Waals surface area contributed by atoms with Crippen LogP contribution in [0.5, 0.6) is 0 Å². The molecule has 6 heteroatoms. The van der Waals surface area contributed by atoms with Gasteiger partial charge in [-0.05, 0) is 55.9 Å². The molecular weight excluding hydrogens is 338 g/mol. The zero-order valence-corrected chi connectivity index (χ0v) is 15.7. The molecule has 1 fully saturated rings. The van der Waals surface area contributed by atoms with Crippen LogP contribution < -0.4 is 10.6 Å². The molecule has 0 bridgehead atoms. The highest BCUT2D eigenvalue weighted by Gasteiger charge is 2.24. The quantitative estimate of drug-likeness (QED) is 0.781. The Balaban J connectivity index is 1.49. The molecule has 3 rings (SSSR count). The number of carbonyl (C=O) groups excluding carboxylic acids is 1. The first-order valence-corrected chi connectivity index (χ1v) is 10.3. The van der Waals surface area contributed by atoms with Gasteiger partial charge < -0.3 is 10.6 Å². The van der Waals surface area contributed by atoms with E-state index in [0.29, 0.717) is 19.1 Å². The summed E-state index contributed by atoms with van der Waals surface area (Å²) in [6.45, 7) is 5.67. The summed E-state index contributed by atoms with van der Waals surface area (Å²) in [5.41, 5.74) is 0. The maximum absolute atomic E-state index is 12.1. The molecule has 3 heterocycles. The average Bonchev–Trinajstić information content (AvgIpc) is 3.34. The Morgan fingerprint density at radius 2 is 2.00 bits per heavy atom. The Bertz CT molecular complexity index is 632. The Morgan fingerprint density at radius 1 is 1.21 bits per heavy atom. The molecule has 0 saturated carbocycles. The predicted molar refractivity (Wildman–Crippen MR) is 102 cm³/mol. The largest absolute Gasteiger partial charge is 0.336 e. The molecule has 1 aliphatic rings. The van der Waals surface area contributed by atoms with Gasteiger partial charge in [0.05, 0.1) is 12.6 Å². The number of nitrogens with one attached hydrogen (secondary N) is 2. The van der Waals surface area contributed by atoms with Gasteiger partial charge in [0.25, 0.3) is 0 Å². The van der Waals surface area contributed by atoms with Crippen molar-refractivity contribution in [3.63, 3.8) is 0 Å². The smallest absolute Gasteiger partial charge is 0.315 e. The van der Waals surface area contributed by atoms with Crippen LogP contribution >= 0.6 is 22.7 Å². The Morgan fingerprint density at radius 3 is 2.67 bits per heavy atom. The fourth-order valence-corrected chi connectivity index (χ4v) is 4.83. The van der Waals surface area contributed by atoms with Gasteiger partial charge in [-0.1, -0.05) is 13.0 Å². The first-order valence-electron chi connectivity index (χ1n) is 8.63. The van der Waals surface area contributed by atoms with Gasteiger partial charge in [-0.3, -0.25) is 4.90 Å². The molecule has 130 valence electrons. The Hall–Kier alpha value is -1.37. The van der Waals surface area contributed by atoms with Crippen molar-refractivity contribution < 1.29 is 4.79 Å². The van der Waals surface area contributed by atoms with Crippen molar-refractivity contribution in [3.8, 4) is 0 Å². The highest BCUT2D eigenvalue weighted by atomic mass is 32.1.